The second-order valence-corrected chi connectivity index (χ2v) is 8.50. The minimum absolute atomic E-state index is 0.286. The number of hydrogen-bond donors (Lipinski definition) is 0. The van der Waals surface area contributed by atoms with Crippen LogP contribution in [0.15, 0.2) is 98.2 Å². The van der Waals surface area contributed by atoms with Crippen LogP contribution in [0, 0.1) is 0 Å². The molecule has 5 aromatic rings. The number of halogens is 1. The van der Waals surface area contributed by atoms with E-state index in [-0.39, 0.29) is 11.4 Å². The quantitative estimate of drug-likeness (QED) is 0.190. The monoisotopic (exact) mass is 529 g/mol. The van der Waals surface area contributed by atoms with Gasteiger partial charge in [0.15, 0.2) is 17.3 Å². The first-order valence-corrected chi connectivity index (χ1v) is 11.5. The van der Waals surface area contributed by atoms with Crippen molar-refractivity contribution in [2.45, 2.75) is 0 Å². The summed E-state index contributed by atoms with van der Waals surface area (Å²) in [5, 5.41) is 5.84. The van der Waals surface area contributed by atoms with Gasteiger partial charge in [-0.15, -0.1) is 0 Å². The summed E-state index contributed by atoms with van der Waals surface area (Å²) in [6.45, 7) is 3.99. The van der Waals surface area contributed by atoms with E-state index in [4.69, 9.17) is 18.9 Å². The van der Waals surface area contributed by atoms with E-state index in [1.54, 1.807) is 43.7 Å². The molecule has 0 fully saturated rings. The van der Waals surface area contributed by atoms with Gasteiger partial charge >= 0.3 is 0 Å². The van der Waals surface area contributed by atoms with Gasteiger partial charge in [0.1, 0.15) is 12.2 Å². The van der Waals surface area contributed by atoms with Crippen molar-refractivity contribution < 1.29 is 13.9 Å². The van der Waals surface area contributed by atoms with Crippen LogP contribution < -0.4 is 15.0 Å². The molecule has 0 radical (unpaired) electrons. The third-order valence-electron chi connectivity index (χ3n) is 5.34. The van der Waals surface area contributed by atoms with Crippen LogP contribution in [-0.2, 0) is 0 Å². The summed E-state index contributed by atoms with van der Waals surface area (Å²) < 4.78 is 19.4. The van der Waals surface area contributed by atoms with Gasteiger partial charge in [0, 0.05) is 15.4 Å². The molecule has 7 nitrogen and oxygen atoms in total. The van der Waals surface area contributed by atoms with E-state index in [9.17, 15) is 4.79 Å². The fraction of sp³-hybridized carbons (Fsp3) is 0.0741. The maximum Gasteiger partial charge on any atom is 0.282 e. The number of rotatable bonds is 7. The smallest absolute Gasteiger partial charge is 0.282 e. The minimum Gasteiger partial charge on any atom is -0.493 e. The Hall–Kier alpha value is -4.17. The highest BCUT2D eigenvalue weighted by Crippen LogP contribution is 2.31. The Morgan fingerprint density at radius 2 is 2.00 bits per heavy atom. The van der Waals surface area contributed by atoms with Gasteiger partial charge in [0.2, 0.25) is 5.82 Å². The molecular formula is C27H20BrN3O4. The van der Waals surface area contributed by atoms with Crippen molar-refractivity contribution in [1.29, 1.82) is 0 Å². The van der Waals surface area contributed by atoms with E-state index < -0.39 is 0 Å². The first-order chi connectivity index (χ1) is 17.1. The van der Waals surface area contributed by atoms with E-state index in [1.165, 1.54) is 4.68 Å². The van der Waals surface area contributed by atoms with Gasteiger partial charge in [-0.2, -0.15) is 9.78 Å². The number of aromatic nitrogens is 2. The van der Waals surface area contributed by atoms with Crippen molar-refractivity contribution in [1.82, 2.24) is 9.66 Å². The SMILES string of the molecule is C=CCOc1c(C=Nn2c(-c3cc4cc(Br)ccc4o3)nc3ccccc3c2=O)cccc1OC. The number of furan rings is 1. The van der Waals surface area contributed by atoms with Crippen LogP contribution in [0.2, 0.25) is 0 Å². The maximum absolute atomic E-state index is 13.5. The molecule has 3 aromatic carbocycles. The van der Waals surface area contributed by atoms with E-state index in [1.807, 2.05) is 42.5 Å². The standard InChI is InChI=1S/C27H20BrN3O4/c1-3-13-34-25-17(7-6-10-23(25)33-2)16-29-31-26(30-21-9-5-4-8-20(21)27(31)32)24-15-18-14-19(28)11-12-22(18)35-24/h3-12,14-16H,1,13H2,2H3. The molecule has 35 heavy (non-hydrogen) atoms. The van der Waals surface area contributed by atoms with Crippen LogP contribution in [0.4, 0.5) is 0 Å². The Balaban J connectivity index is 1.70. The second kappa shape index (κ2) is 9.60. The number of hydrogen-bond acceptors (Lipinski definition) is 6. The molecule has 2 heterocycles. The predicted molar refractivity (Wildman–Crippen MR) is 141 cm³/mol. The van der Waals surface area contributed by atoms with E-state index in [2.05, 4.69) is 27.6 Å². The zero-order valence-electron chi connectivity index (χ0n) is 18.8. The van der Waals surface area contributed by atoms with Crippen LogP contribution in [0.5, 0.6) is 11.5 Å². The normalized spacial score (nSPS) is 11.4. The Bertz CT molecular complexity index is 1650. The molecule has 8 heteroatoms. The Labute approximate surface area is 209 Å². The molecule has 0 amide bonds. The summed E-state index contributed by atoms with van der Waals surface area (Å²) in [6, 6.07) is 20.1. The largest absolute Gasteiger partial charge is 0.493 e. The number of ether oxygens (including phenoxy) is 2. The van der Waals surface area contributed by atoms with Gasteiger partial charge in [-0.3, -0.25) is 4.79 Å². The lowest BCUT2D eigenvalue weighted by Gasteiger charge is -2.12. The van der Waals surface area contributed by atoms with E-state index in [0.29, 0.717) is 45.9 Å². The second-order valence-electron chi connectivity index (χ2n) is 7.59. The third-order valence-corrected chi connectivity index (χ3v) is 5.83. The van der Waals surface area contributed by atoms with Crippen molar-refractivity contribution in [2.75, 3.05) is 13.7 Å². The van der Waals surface area contributed by atoms with Crippen LogP contribution in [0.25, 0.3) is 33.5 Å². The molecule has 0 bridgehead atoms. The number of methoxy groups -OCH3 is 1. The van der Waals surface area contributed by atoms with E-state index in [0.717, 1.165) is 9.86 Å². The first kappa shape index (κ1) is 22.6. The molecule has 174 valence electrons. The fourth-order valence-electron chi connectivity index (χ4n) is 3.73. The van der Waals surface area contributed by atoms with Gasteiger partial charge < -0.3 is 13.9 Å². The van der Waals surface area contributed by atoms with Gasteiger partial charge in [0.05, 0.1) is 24.2 Å². The molecule has 0 spiro atoms. The molecule has 0 atom stereocenters. The lowest BCUT2D eigenvalue weighted by Crippen LogP contribution is -2.20. The van der Waals surface area contributed by atoms with Crippen molar-refractivity contribution in [2.24, 2.45) is 5.10 Å². The summed E-state index contributed by atoms with van der Waals surface area (Å²) in [7, 11) is 1.56. The van der Waals surface area contributed by atoms with Crippen molar-refractivity contribution in [3.8, 4) is 23.1 Å². The summed E-state index contributed by atoms with van der Waals surface area (Å²) in [4.78, 5) is 18.2. The highest BCUT2D eigenvalue weighted by atomic mass is 79.9. The van der Waals surface area contributed by atoms with Gasteiger partial charge in [-0.25, -0.2) is 4.98 Å². The van der Waals surface area contributed by atoms with Crippen molar-refractivity contribution >= 4 is 44.0 Å². The molecule has 0 saturated carbocycles. The molecule has 0 unspecified atom stereocenters. The van der Waals surface area contributed by atoms with Gasteiger partial charge in [-0.05, 0) is 48.5 Å². The summed E-state index contributed by atoms with van der Waals surface area (Å²) in [6.07, 6.45) is 3.19. The molecule has 0 N–H and O–H groups in total. The zero-order valence-corrected chi connectivity index (χ0v) is 20.4. The topological polar surface area (TPSA) is 78.9 Å². The van der Waals surface area contributed by atoms with Crippen LogP contribution in [0.1, 0.15) is 5.56 Å². The molecule has 0 aliphatic rings. The Kier molecular flexibility index (Phi) is 6.20. The molecule has 5 rings (SSSR count). The third kappa shape index (κ3) is 4.36. The average Bonchev–Trinajstić information content (AvgIpc) is 3.30. The highest BCUT2D eigenvalue weighted by Gasteiger charge is 2.17. The van der Waals surface area contributed by atoms with Crippen LogP contribution >= 0.6 is 15.9 Å². The summed E-state index contributed by atoms with van der Waals surface area (Å²) >= 11 is 3.48. The maximum atomic E-state index is 13.5. The predicted octanol–water partition coefficient (Wildman–Crippen LogP) is 6.03. The summed E-state index contributed by atoms with van der Waals surface area (Å²) in [5.74, 6) is 1.75. The van der Waals surface area contributed by atoms with Gasteiger partial charge in [0.25, 0.3) is 5.56 Å². The molecule has 0 saturated heterocycles. The highest BCUT2D eigenvalue weighted by molar-refractivity contribution is 9.10. The lowest BCUT2D eigenvalue weighted by molar-refractivity contribution is 0.326. The molecular weight excluding hydrogens is 510 g/mol. The molecule has 2 aromatic heterocycles. The Morgan fingerprint density at radius 3 is 2.83 bits per heavy atom. The molecule has 0 aliphatic carbocycles. The number of para-hydroxylation sites is 2. The van der Waals surface area contributed by atoms with E-state index >= 15 is 0 Å². The van der Waals surface area contributed by atoms with Crippen LogP contribution in [-0.4, -0.2) is 29.6 Å². The Morgan fingerprint density at radius 1 is 1.14 bits per heavy atom. The number of benzene rings is 3. The fourth-order valence-corrected chi connectivity index (χ4v) is 4.11. The van der Waals surface area contributed by atoms with Crippen molar-refractivity contribution in [3.63, 3.8) is 0 Å². The minimum atomic E-state index is -0.319. The lowest BCUT2D eigenvalue weighted by atomic mass is 10.2. The van der Waals surface area contributed by atoms with Gasteiger partial charge in [-0.1, -0.05) is 46.8 Å². The number of nitrogens with zero attached hydrogens (tertiary/aromatic N) is 3. The average molecular weight is 530 g/mol. The summed E-state index contributed by atoms with van der Waals surface area (Å²) in [5.41, 5.74) is 1.54. The van der Waals surface area contributed by atoms with Crippen molar-refractivity contribution in [3.05, 3.63) is 99.8 Å². The first-order valence-electron chi connectivity index (χ1n) is 10.8. The zero-order chi connectivity index (χ0) is 24.4. The molecule has 0 aliphatic heterocycles. The van der Waals surface area contributed by atoms with Crippen LogP contribution in [0.3, 0.4) is 0 Å². The number of fused-ring (bicyclic) bond motifs is 2.